The van der Waals surface area contributed by atoms with Gasteiger partial charge in [0.05, 0.1) is 16.9 Å². The van der Waals surface area contributed by atoms with Crippen molar-refractivity contribution >= 4 is 52.5 Å². The van der Waals surface area contributed by atoms with Gasteiger partial charge in [0.15, 0.2) is 6.04 Å². The summed E-state index contributed by atoms with van der Waals surface area (Å²) < 4.78 is 5.29. The molecule has 3 atom stereocenters. The van der Waals surface area contributed by atoms with E-state index in [2.05, 4.69) is 5.32 Å². The Bertz CT molecular complexity index is 1140. The molecule has 2 unspecified atom stereocenters. The summed E-state index contributed by atoms with van der Waals surface area (Å²) in [4.78, 5) is 61.6. The third-order valence-electron chi connectivity index (χ3n) is 5.21. The third-order valence-corrected chi connectivity index (χ3v) is 7.41. The number of thiophene rings is 1. The molecule has 2 fully saturated rings. The Balaban J connectivity index is 1.40. The second kappa shape index (κ2) is 9.57. The maximum atomic E-state index is 12.8. The summed E-state index contributed by atoms with van der Waals surface area (Å²) in [6.07, 6.45) is 0.152. The number of carbonyl (C=O) groups is 3. The second-order valence-electron chi connectivity index (χ2n) is 7.31. The summed E-state index contributed by atoms with van der Waals surface area (Å²) in [5.41, 5.74) is 0.504. The van der Waals surface area contributed by atoms with E-state index in [-0.39, 0.29) is 35.9 Å². The number of carbonyl (C=O) groups excluding carboxylic acids is 4. The highest BCUT2D eigenvalue weighted by Gasteiger charge is 2.57. The number of amides is 2. The summed E-state index contributed by atoms with van der Waals surface area (Å²) in [5.74, 6) is 0.334. The molecule has 0 radical (unpaired) electrons. The molecule has 33 heavy (non-hydrogen) atoms. The first-order chi connectivity index (χ1) is 15.9. The number of β-lactam (4-membered cyclic amide) rings is 1. The Hall–Kier alpha value is -3.47. The number of ether oxygens (including phenoxy) is 1. The van der Waals surface area contributed by atoms with Crippen molar-refractivity contribution in [2.24, 2.45) is 0 Å². The van der Waals surface area contributed by atoms with E-state index >= 15 is 0 Å². The van der Waals surface area contributed by atoms with Crippen LogP contribution in [0.2, 0.25) is 0 Å². The molecule has 1 N–H and O–H groups in total. The maximum absolute atomic E-state index is 12.8. The topological polar surface area (TPSA) is 136 Å². The Morgan fingerprint density at radius 1 is 1.27 bits per heavy atom. The van der Waals surface area contributed by atoms with E-state index in [0.29, 0.717) is 5.56 Å². The molecule has 10 nitrogen and oxygen atoms in total. The van der Waals surface area contributed by atoms with Gasteiger partial charge in [-0.2, -0.15) is 0 Å². The third kappa shape index (κ3) is 4.68. The van der Waals surface area contributed by atoms with E-state index in [4.69, 9.17) is 4.74 Å². The molecule has 0 aliphatic carbocycles. The molecule has 0 bridgehead atoms. The van der Waals surface area contributed by atoms with E-state index in [1.54, 1.807) is 5.94 Å². The van der Waals surface area contributed by atoms with Crippen molar-refractivity contribution in [1.82, 2.24) is 10.2 Å². The number of nitrogens with zero attached hydrogens (tertiary/aromatic N) is 2. The molecule has 0 saturated carbocycles. The van der Waals surface area contributed by atoms with Gasteiger partial charge in [0, 0.05) is 22.8 Å². The van der Waals surface area contributed by atoms with Crippen molar-refractivity contribution in [3.8, 4) is 0 Å². The smallest absolute Gasteiger partial charge is 0.334 e. The van der Waals surface area contributed by atoms with Crippen LogP contribution in [0.5, 0.6) is 0 Å². The van der Waals surface area contributed by atoms with Crippen LogP contribution < -0.4 is 5.32 Å². The lowest BCUT2D eigenvalue weighted by Gasteiger charge is -2.52. The number of non-ortho nitro benzene ring substituents is 1. The average Bonchev–Trinajstić information content (AvgIpc) is 3.33. The largest absolute Gasteiger partial charge is 0.459 e. The van der Waals surface area contributed by atoms with Gasteiger partial charge in [-0.3, -0.25) is 19.7 Å². The molecule has 2 saturated heterocycles. The van der Waals surface area contributed by atoms with E-state index in [0.717, 1.165) is 4.88 Å². The fourth-order valence-corrected chi connectivity index (χ4v) is 5.61. The molecule has 3 heterocycles. The standard InChI is InChI=1S/C21H17N3O7S2/c25-9-13-11-33-20-17(22-16(26)8-15-2-1-7-32-15)19(27)23(20)18(13)21(28)31-10-12-3-5-14(6-4-12)24(29)30/h1-7,17-18,20H,8,10-11H2,(H,22,26)/t17?,18?,20-/m0/s1. The van der Waals surface area contributed by atoms with Gasteiger partial charge in [0.2, 0.25) is 11.8 Å². The summed E-state index contributed by atoms with van der Waals surface area (Å²) in [5, 5.41) is 14.8. The zero-order chi connectivity index (χ0) is 23.5. The van der Waals surface area contributed by atoms with Crippen molar-refractivity contribution in [1.29, 1.82) is 0 Å². The molecule has 1 aromatic heterocycles. The summed E-state index contributed by atoms with van der Waals surface area (Å²) in [7, 11) is 0. The SMILES string of the molecule is O=C=C1CS[C@H]2C(NC(=O)Cc3cccs3)C(=O)N2C1C(=O)OCc1ccc([N+](=O)[O-])cc1. The van der Waals surface area contributed by atoms with Crippen molar-refractivity contribution in [3.63, 3.8) is 0 Å². The second-order valence-corrected chi connectivity index (χ2v) is 9.45. The van der Waals surface area contributed by atoms with Crippen molar-refractivity contribution in [2.75, 3.05) is 5.75 Å². The van der Waals surface area contributed by atoms with Crippen LogP contribution in [-0.4, -0.2) is 56.8 Å². The van der Waals surface area contributed by atoms with Crippen LogP contribution >= 0.6 is 23.1 Å². The number of benzene rings is 1. The molecule has 2 aliphatic rings. The van der Waals surface area contributed by atoms with Gasteiger partial charge in [0.25, 0.3) is 5.69 Å². The Morgan fingerprint density at radius 2 is 2.03 bits per heavy atom. The lowest BCUT2D eigenvalue weighted by Crippen LogP contribution is -2.74. The average molecular weight is 488 g/mol. The molecule has 0 spiro atoms. The van der Waals surface area contributed by atoms with Crippen molar-refractivity contribution in [2.45, 2.75) is 30.5 Å². The highest BCUT2D eigenvalue weighted by atomic mass is 32.2. The van der Waals surface area contributed by atoms with Crippen molar-refractivity contribution < 1.29 is 28.8 Å². The predicted octanol–water partition coefficient (Wildman–Crippen LogP) is 1.47. The Kier molecular flexibility index (Phi) is 6.59. The van der Waals surface area contributed by atoms with Crippen LogP contribution in [0.25, 0.3) is 0 Å². The Labute approximate surface area is 195 Å². The van der Waals surface area contributed by atoms with E-state index in [9.17, 15) is 29.3 Å². The van der Waals surface area contributed by atoms with Crippen molar-refractivity contribution in [3.05, 3.63) is 67.9 Å². The number of esters is 1. The van der Waals surface area contributed by atoms with Gasteiger partial charge in [-0.15, -0.1) is 23.1 Å². The van der Waals surface area contributed by atoms with Crippen LogP contribution in [0.3, 0.4) is 0 Å². The molecule has 2 aliphatic heterocycles. The highest BCUT2D eigenvalue weighted by molar-refractivity contribution is 8.00. The van der Waals surface area contributed by atoms with Gasteiger partial charge >= 0.3 is 5.97 Å². The van der Waals surface area contributed by atoms with Gasteiger partial charge < -0.3 is 15.0 Å². The molecule has 2 aromatic rings. The van der Waals surface area contributed by atoms with E-state index in [1.807, 2.05) is 17.5 Å². The predicted molar refractivity (Wildman–Crippen MR) is 119 cm³/mol. The molecular weight excluding hydrogens is 470 g/mol. The molecule has 170 valence electrons. The minimum Gasteiger partial charge on any atom is -0.459 e. The quantitative estimate of drug-likeness (QED) is 0.204. The maximum Gasteiger partial charge on any atom is 0.334 e. The Morgan fingerprint density at radius 3 is 2.67 bits per heavy atom. The number of thioether (sulfide) groups is 1. The number of hydrogen-bond donors (Lipinski definition) is 1. The van der Waals surface area contributed by atoms with Crippen LogP contribution in [0.4, 0.5) is 5.69 Å². The zero-order valence-corrected chi connectivity index (χ0v) is 18.6. The number of nitro groups is 1. The fraction of sp³-hybridized carbons (Fsp3) is 0.286. The summed E-state index contributed by atoms with van der Waals surface area (Å²) >= 11 is 2.71. The first-order valence-corrected chi connectivity index (χ1v) is 11.7. The van der Waals surface area contributed by atoms with Crippen LogP contribution in [0.15, 0.2) is 47.4 Å². The normalized spacial score (nSPS) is 21.5. The lowest BCUT2D eigenvalue weighted by molar-refractivity contribution is -0.384. The van der Waals surface area contributed by atoms with Gasteiger partial charge in [-0.25, -0.2) is 9.59 Å². The number of fused-ring (bicyclic) bond motifs is 1. The number of nitro benzene ring substituents is 1. The molecule has 12 heteroatoms. The van der Waals surface area contributed by atoms with Gasteiger partial charge in [0.1, 0.15) is 24.0 Å². The number of hydrogen-bond acceptors (Lipinski definition) is 9. The van der Waals surface area contributed by atoms with Crippen LogP contribution in [-0.2, 0) is 36.9 Å². The molecule has 2 amide bonds. The minimum absolute atomic E-state index is 0.0849. The van der Waals surface area contributed by atoms with Gasteiger partial charge in [-0.1, -0.05) is 6.07 Å². The number of rotatable bonds is 7. The molecular formula is C21H17N3O7S2. The van der Waals surface area contributed by atoms with E-state index < -0.39 is 34.3 Å². The first kappa shape index (κ1) is 22.7. The summed E-state index contributed by atoms with van der Waals surface area (Å²) in [6, 6.07) is 7.13. The highest BCUT2D eigenvalue weighted by Crippen LogP contribution is 2.40. The van der Waals surface area contributed by atoms with Crippen LogP contribution in [0, 0.1) is 10.1 Å². The zero-order valence-electron chi connectivity index (χ0n) is 17.0. The monoisotopic (exact) mass is 487 g/mol. The molecule has 1 aromatic carbocycles. The van der Waals surface area contributed by atoms with E-state index in [1.165, 1.54) is 52.3 Å². The fourth-order valence-electron chi connectivity index (χ4n) is 3.58. The molecule has 4 rings (SSSR count). The number of nitrogens with one attached hydrogen (secondary N) is 1. The van der Waals surface area contributed by atoms with Gasteiger partial charge in [-0.05, 0) is 29.1 Å². The van der Waals surface area contributed by atoms with Crippen LogP contribution in [0.1, 0.15) is 10.4 Å². The summed E-state index contributed by atoms with van der Waals surface area (Å²) in [6.45, 7) is -0.180. The lowest BCUT2D eigenvalue weighted by atomic mass is 9.98. The minimum atomic E-state index is -1.22. The first-order valence-electron chi connectivity index (χ1n) is 9.78.